The molecule has 0 saturated carbocycles. The summed E-state index contributed by atoms with van der Waals surface area (Å²) >= 11 is 0. The van der Waals surface area contributed by atoms with Crippen molar-refractivity contribution in [2.45, 2.75) is 26.3 Å². The van der Waals surface area contributed by atoms with Crippen LogP contribution in [0.5, 0.6) is 0 Å². The topological polar surface area (TPSA) is 15.3 Å². The molecule has 1 aliphatic heterocycles. The molecule has 0 aliphatic carbocycles. The van der Waals surface area contributed by atoms with E-state index in [-0.39, 0.29) is 5.82 Å². The smallest absolute Gasteiger partial charge is 0.128 e. The SMILES string of the molecule is Cc1c(F)cccc1NCc1ccccc1N1CCCC1. The van der Waals surface area contributed by atoms with Gasteiger partial charge in [0.05, 0.1) is 0 Å². The summed E-state index contributed by atoms with van der Waals surface area (Å²) in [5.74, 6) is -0.159. The van der Waals surface area contributed by atoms with Gasteiger partial charge >= 0.3 is 0 Å². The molecule has 110 valence electrons. The van der Waals surface area contributed by atoms with Gasteiger partial charge in [-0.15, -0.1) is 0 Å². The van der Waals surface area contributed by atoms with Gasteiger partial charge in [-0.3, -0.25) is 0 Å². The standard InChI is InChI=1S/C18H21FN2/c1-14-16(19)8-6-9-17(14)20-13-15-7-2-3-10-18(15)21-11-4-5-12-21/h2-3,6-10,20H,4-5,11-13H2,1H3. The highest BCUT2D eigenvalue weighted by atomic mass is 19.1. The summed E-state index contributed by atoms with van der Waals surface area (Å²) in [5.41, 5.74) is 4.11. The molecule has 2 aromatic rings. The van der Waals surface area contributed by atoms with E-state index in [1.165, 1.54) is 30.2 Å². The third-order valence-corrected chi connectivity index (χ3v) is 4.18. The van der Waals surface area contributed by atoms with Crippen LogP contribution in [-0.2, 0) is 6.54 Å². The van der Waals surface area contributed by atoms with Gasteiger partial charge in [-0.25, -0.2) is 4.39 Å². The van der Waals surface area contributed by atoms with Crippen LogP contribution >= 0.6 is 0 Å². The fourth-order valence-electron chi connectivity index (χ4n) is 2.92. The van der Waals surface area contributed by atoms with E-state index in [0.29, 0.717) is 5.56 Å². The van der Waals surface area contributed by atoms with Crippen molar-refractivity contribution in [1.82, 2.24) is 0 Å². The Hall–Kier alpha value is -2.03. The molecule has 0 amide bonds. The Labute approximate surface area is 125 Å². The predicted octanol–water partition coefficient (Wildman–Crippen LogP) is 4.35. The Balaban J connectivity index is 1.77. The lowest BCUT2D eigenvalue weighted by atomic mass is 10.1. The molecule has 3 rings (SSSR count). The van der Waals surface area contributed by atoms with Crippen molar-refractivity contribution in [3.63, 3.8) is 0 Å². The van der Waals surface area contributed by atoms with Gasteiger partial charge in [-0.2, -0.15) is 0 Å². The van der Waals surface area contributed by atoms with Crippen molar-refractivity contribution in [2.24, 2.45) is 0 Å². The Morgan fingerprint density at radius 1 is 1.05 bits per heavy atom. The van der Waals surface area contributed by atoms with E-state index < -0.39 is 0 Å². The summed E-state index contributed by atoms with van der Waals surface area (Å²) in [6.45, 7) is 4.80. The third-order valence-electron chi connectivity index (χ3n) is 4.18. The average molecular weight is 284 g/mol. The molecular weight excluding hydrogens is 263 g/mol. The second-order valence-corrected chi connectivity index (χ2v) is 5.59. The number of nitrogens with one attached hydrogen (secondary N) is 1. The summed E-state index contributed by atoms with van der Waals surface area (Å²) in [6, 6.07) is 13.7. The van der Waals surface area contributed by atoms with Crippen LogP contribution in [-0.4, -0.2) is 13.1 Å². The molecule has 3 heteroatoms. The number of rotatable bonds is 4. The third kappa shape index (κ3) is 3.02. The second-order valence-electron chi connectivity index (χ2n) is 5.59. The summed E-state index contributed by atoms with van der Waals surface area (Å²) in [6.07, 6.45) is 2.54. The van der Waals surface area contributed by atoms with E-state index in [1.54, 1.807) is 6.07 Å². The van der Waals surface area contributed by atoms with Crippen LogP contribution in [0.25, 0.3) is 0 Å². The van der Waals surface area contributed by atoms with Crippen molar-refractivity contribution < 1.29 is 4.39 Å². The highest BCUT2D eigenvalue weighted by molar-refractivity contribution is 5.57. The molecule has 0 atom stereocenters. The Morgan fingerprint density at radius 2 is 1.81 bits per heavy atom. The lowest BCUT2D eigenvalue weighted by molar-refractivity contribution is 0.619. The maximum atomic E-state index is 13.6. The number of nitrogens with zero attached hydrogens (tertiary/aromatic N) is 1. The van der Waals surface area contributed by atoms with Crippen LogP contribution in [0, 0.1) is 12.7 Å². The minimum Gasteiger partial charge on any atom is -0.381 e. The first-order chi connectivity index (χ1) is 10.3. The second kappa shape index (κ2) is 6.17. The molecule has 1 N–H and O–H groups in total. The molecule has 1 fully saturated rings. The minimum absolute atomic E-state index is 0.159. The first-order valence-electron chi connectivity index (χ1n) is 7.57. The van der Waals surface area contributed by atoms with Crippen LogP contribution in [0.3, 0.4) is 0 Å². The molecule has 0 unspecified atom stereocenters. The first kappa shape index (κ1) is 13.9. The number of hydrogen-bond acceptors (Lipinski definition) is 2. The molecule has 21 heavy (non-hydrogen) atoms. The van der Waals surface area contributed by atoms with Gasteiger partial charge < -0.3 is 10.2 Å². The summed E-state index contributed by atoms with van der Waals surface area (Å²) in [5, 5.41) is 3.37. The van der Waals surface area contributed by atoms with Gasteiger partial charge in [0.1, 0.15) is 5.82 Å². The fraction of sp³-hybridized carbons (Fsp3) is 0.333. The maximum Gasteiger partial charge on any atom is 0.128 e. The van der Waals surface area contributed by atoms with Gasteiger partial charge in [-0.1, -0.05) is 24.3 Å². The molecule has 1 heterocycles. The Morgan fingerprint density at radius 3 is 2.62 bits per heavy atom. The van der Waals surface area contributed by atoms with Gasteiger partial charge in [-0.05, 0) is 43.5 Å². The van der Waals surface area contributed by atoms with Crippen molar-refractivity contribution in [2.75, 3.05) is 23.3 Å². The number of para-hydroxylation sites is 1. The molecular formula is C18H21FN2. The molecule has 1 saturated heterocycles. The van der Waals surface area contributed by atoms with E-state index in [4.69, 9.17) is 0 Å². The van der Waals surface area contributed by atoms with Gasteiger partial charge in [0.15, 0.2) is 0 Å². The minimum atomic E-state index is -0.159. The number of hydrogen-bond donors (Lipinski definition) is 1. The lowest BCUT2D eigenvalue weighted by Gasteiger charge is -2.22. The summed E-state index contributed by atoms with van der Waals surface area (Å²) in [4.78, 5) is 2.44. The average Bonchev–Trinajstić information content (AvgIpc) is 3.03. The predicted molar refractivity (Wildman–Crippen MR) is 86.4 cm³/mol. The first-order valence-corrected chi connectivity index (χ1v) is 7.57. The highest BCUT2D eigenvalue weighted by Gasteiger charge is 2.15. The van der Waals surface area contributed by atoms with Crippen molar-refractivity contribution in [3.8, 4) is 0 Å². The van der Waals surface area contributed by atoms with E-state index >= 15 is 0 Å². The highest BCUT2D eigenvalue weighted by Crippen LogP contribution is 2.26. The van der Waals surface area contributed by atoms with Gasteiger partial charge in [0.25, 0.3) is 0 Å². The number of benzene rings is 2. The zero-order valence-corrected chi connectivity index (χ0v) is 12.4. The molecule has 0 aromatic heterocycles. The van der Waals surface area contributed by atoms with Crippen molar-refractivity contribution >= 4 is 11.4 Å². The zero-order chi connectivity index (χ0) is 14.7. The Kier molecular flexibility index (Phi) is 4.09. The lowest BCUT2D eigenvalue weighted by Crippen LogP contribution is -2.20. The molecule has 2 nitrogen and oxygen atoms in total. The molecule has 1 aliphatic rings. The molecule has 2 aromatic carbocycles. The van der Waals surface area contributed by atoms with Crippen LogP contribution in [0.15, 0.2) is 42.5 Å². The quantitative estimate of drug-likeness (QED) is 0.898. The van der Waals surface area contributed by atoms with Crippen LogP contribution in [0.1, 0.15) is 24.0 Å². The van der Waals surface area contributed by atoms with Crippen LogP contribution < -0.4 is 10.2 Å². The Bertz CT molecular complexity index is 618. The van der Waals surface area contributed by atoms with Crippen molar-refractivity contribution in [1.29, 1.82) is 0 Å². The van der Waals surface area contributed by atoms with Crippen LogP contribution in [0.4, 0.5) is 15.8 Å². The normalized spacial score (nSPS) is 14.5. The summed E-state index contributed by atoms with van der Waals surface area (Å²) in [7, 11) is 0. The van der Waals surface area contributed by atoms with E-state index in [2.05, 4.69) is 34.5 Å². The van der Waals surface area contributed by atoms with E-state index in [9.17, 15) is 4.39 Å². The largest absolute Gasteiger partial charge is 0.381 e. The van der Waals surface area contributed by atoms with Crippen molar-refractivity contribution in [3.05, 3.63) is 59.4 Å². The van der Waals surface area contributed by atoms with E-state index in [1.807, 2.05) is 13.0 Å². The maximum absolute atomic E-state index is 13.6. The summed E-state index contributed by atoms with van der Waals surface area (Å²) < 4.78 is 13.6. The molecule has 0 radical (unpaired) electrons. The molecule has 0 bridgehead atoms. The molecule has 0 spiro atoms. The van der Waals surface area contributed by atoms with Gasteiger partial charge in [0.2, 0.25) is 0 Å². The monoisotopic (exact) mass is 284 g/mol. The van der Waals surface area contributed by atoms with E-state index in [0.717, 1.165) is 25.3 Å². The van der Waals surface area contributed by atoms with Gasteiger partial charge in [0, 0.05) is 36.6 Å². The fourth-order valence-corrected chi connectivity index (χ4v) is 2.92. The number of halogens is 1. The number of anilines is 2. The zero-order valence-electron chi connectivity index (χ0n) is 12.4. The van der Waals surface area contributed by atoms with Crippen LogP contribution in [0.2, 0.25) is 0 Å².